The summed E-state index contributed by atoms with van der Waals surface area (Å²) in [5.74, 6) is -2.10. The van der Waals surface area contributed by atoms with Crippen molar-refractivity contribution in [2.24, 2.45) is 5.92 Å². The van der Waals surface area contributed by atoms with E-state index in [1.807, 2.05) is 0 Å². The monoisotopic (exact) mass is 214 g/mol. The van der Waals surface area contributed by atoms with E-state index in [1.165, 1.54) is 6.20 Å². The summed E-state index contributed by atoms with van der Waals surface area (Å²) in [6, 6.07) is 0. The van der Waals surface area contributed by atoms with Crippen LogP contribution in [0.4, 0.5) is 8.78 Å². The molecule has 82 valence electrons. The van der Waals surface area contributed by atoms with Crippen LogP contribution in [0, 0.1) is 12.8 Å². The number of hydrogen-bond acceptors (Lipinski definition) is 3. The molecule has 1 aliphatic rings. The molecule has 1 aromatic rings. The first-order valence-electron chi connectivity index (χ1n) is 4.85. The Labute approximate surface area is 86.5 Å². The zero-order valence-electron chi connectivity index (χ0n) is 8.41. The van der Waals surface area contributed by atoms with Crippen LogP contribution in [0.2, 0.25) is 0 Å². The lowest BCUT2D eigenvalue weighted by molar-refractivity contribution is -0.119. The van der Waals surface area contributed by atoms with Crippen molar-refractivity contribution >= 4 is 0 Å². The van der Waals surface area contributed by atoms with E-state index in [0.29, 0.717) is 18.2 Å². The van der Waals surface area contributed by atoms with E-state index in [9.17, 15) is 8.78 Å². The molecular weight excluding hydrogens is 202 g/mol. The molecule has 3 nitrogen and oxygen atoms in total. The number of aryl methyl sites for hydroxylation is 1. The lowest BCUT2D eigenvalue weighted by atomic mass is 9.82. The summed E-state index contributed by atoms with van der Waals surface area (Å²) >= 11 is 0. The first kappa shape index (κ1) is 10.3. The van der Waals surface area contributed by atoms with Crippen molar-refractivity contribution in [3.8, 4) is 5.88 Å². The minimum Gasteiger partial charge on any atom is -0.476 e. The van der Waals surface area contributed by atoms with Crippen molar-refractivity contribution < 1.29 is 13.5 Å². The van der Waals surface area contributed by atoms with Crippen LogP contribution in [-0.2, 0) is 0 Å². The first-order chi connectivity index (χ1) is 7.07. The lowest BCUT2D eigenvalue weighted by Crippen LogP contribution is -2.38. The maximum absolute atomic E-state index is 12.5. The number of rotatable bonds is 3. The van der Waals surface area contributed by atoms with Gasteiger partial charge in [-0.15, -0.1) is 0 Å². The average Bonchev–Trinajstić information content (AvgIpc) is 2.13. The van der Waals surface area contributed by atoms with Gasteiger partial charge >= 0.3 is 0 Å². The van der Waals surface area contributed by atoms with Gasteiger partial charge in [-0.2, -0.15) is 0 Å². The highest BCUT2D eigenvalue weighted by Crippen LogP contribution is 2.42. The molecule has 1 aromatic heterocycles. The van der Waals surface area contributed by atoms with Crippen LogP contribution < -0.4 is 4.74 Å². The number of aromatic nitrogens is 2. The molecule has 0 unspecified atom stereocenters. The number of halogens is 2. The van der Waals surface area contributed by atoms with Crippen molar-refractivity contribution in [3.63, 3.8) is 0 Å². The highest BCUT2D eigenvalue weighted by Gasteiger charge is 2.45. The minimum atomic E-state index is -2.48. The fraction of sp³-hybridized carbons (Fsp3) is 0.600. The van der Waals surface area contributed by atoms with Gasteiger partial charge in [0.2, 0.25) is 11.8 Å². The van der Waals surface area contributed by atoms with Crippen LogP contribution in [0.1, 0.15) is 18.5 Å². The molecule has 0 spiro atoms. The van der Waals surface area contributed by atoms with Crippen LogP contribution in [0.3, 0.4) is 0 Å². The topological polar surface area (TPSA) is 35.0 Å². The third kappa shape index (κ3) is 2.40. The van der Waals surface area contributed by atoms with E-state index in [0.717, 1.165) is 0 Å². The molecule has 0 atom stereocenters. The Morgan fingerprint density at radius 3 is 2.67 bits per heavy atom. The van der Waals surface area contributed by atoms with E-state index in [-0.39, 0.29) is 18.8 Å². The maximum Gasteiger partial charge on any atom is 0.248 e. The van der Waals surface area contributed by atoms with Gasteiger partial charge in [-0.1, -0.05) is 0 Å². The van der Waals surface area contributed by atoms with Gasteiger partial charge in [-0.05, 0) is 6.92 Å². The Morgan fingerprint density at radius 1 is 1.40 bits per heavy atom. The minimum absolute atomic E-state index is 0.0543. The average molecular weight is 214 g/mol. The predicted molar refractivity (Wildman–Crippen MR) is 49.9 cm³/mol. The zero-order chi connectivity index (χ0) is 10.9. The van der Waals surface area contributed by atoms with Gasteiger partial charge in [0, 0.05) is 31.2 Å². The molecule has 0 bridgehead atoms. The molecule has 0 amide bonds. The van der Waals surface area contributed by atoms with Gasteiger partial charge in [0.25, 0.3) is 0 Å². The molecule has 0 saturated heterocycles. The molecule has 0 aliphatic heterocycles. The molecule has 0 radical (unpaired) electrons. The standard InChI is InChI=1S/C10H12F2N2O/c1-7-9(14-3-2-13-7)15-6-8-4-10(11,12)5-8/h2-3,8H,4-6H2,1H3. The number of alkyl halides is 2. The molecule has 1 aliphatic carbocycles. The number of hydrogen-bond donors (Lipinski definition) is 0. The van der Waals surface area contributed by atoms with Crippen LogP contribution >= 0.6 is 0 Å². The SMILES string of the molecule is Cc1nccnc1OCC1CC(F)(F)C1. The largest absolute Gasteiger partial charge is 0.476 e. The number of nitrogens with zero attached hydrogens (tertiary/aromatic N) is 2. The Hall–Kier alpha value is -1.26. The van der Waals surface area contributed by atoms with Crippen molar-refractivity contribution in [2.75, 3.05) is 6.61 Å². The van der Waals surface area contributed by atoms with Gasteiger partial charge in [-0.3, -0.25) is 4.98 Å². The van der Waals surface area contributed by atoms with E-state index in [2.05, 4.69) is 9.97 Å². The van der Waals surface area contributed by atoms with Crippen LogP contribution in [0.25, 0.3) is 0 Å². The summed E-state index contributed by atoms with van der Waals surface area (Å²) < 4.78 is 30.3. The quantitative estimate of drug-likeness (QED) is 0.773. The number of ether oxygens (including phenoxy) is 1. The normalized spacial score (nSPS) is 19.7. The predicted octanol–water partition coefficient (Wildman–Crippen LogP) is 2.21. The fourth-order valence-electron chi connectivity index (χ4n) is 1.64. The smallest absolute Gasteiger partial charge is 0.248 e. The van der Waals surface area contributed by atoms with Gasteiger partial charge in [-0.25, -0.2) is 13.8 Å². The van der Waals surface area contributed by atoms with Crippen molar-refractivity contribution in [1.82, 2.24) is 9.97 Å². The summed E-state index contributed by atoms with van der Waals surface area (Å²) in [5, 5.41) is 0. The maximum atomic E-state index is 12.5. The Kier molecular flexibility index (Phi) is 2.54. The molecule has 0 aromatic carbocycles. The van der Waals surface area contributed by atoms with Crippen LogP contribution in [-0.4, -0.2) is 22.5 Å². The summed E-state index contributed by atoms with van der Waals surface area (Å²) in [6.07, 6.45) is 2.94. The van der Waals surface area contributed by atoms with Crippen molar-refractivity contribution in [1.29, 1.82) is 0 Å². The van der Waals surface area contributed by atoms with Crippen LogP contribution in [0.5, 0.6) is 5.88 Å². The summed E-state index contributed by atoms with van der Waals surface area (Å²) in [6.45, 7) is 2.08. The van der Waals surface area contributed by atoms with Gasteiger partial charge in [0.1, 0.15) is 0 Å². The van der Waals surface area contributed by atoms with Gasteiger partial charge in [0.15, 0.2) is 0 Å². The van der Waals surface area contributed by atoms with E-state index in [1.54, 1.807) is 13.1 Å². The second-order valence-electron chi connectivity index (χ2n) is 3.89. The third-order valence-corrected chi connectivity index (χ3v) is 2.47. The molecular formula is C10H12F2N2O. The van der Waals surface area contributed by atoms with E-state index < -0.39 is 5.92 Å². The molecule has 0 N–H and O–H groups in total. The summed E-state index contributed by atoms with van der Waals surface area (Å²) in [5.41, 5.74) is 0.684. The van der Waals surface area contributed by atoms with Crippen molar-refractivity contribution in [2.45, 2.75) is 25.7 Å². The molecule has 15 heavy (non-hydrogen) atoms. The van der Waals surface area contributed by atoms with Crippen molar-refractivity contribution in [3.05, 3.63) is 18.1 Å². The second kappa shape index (κ2) is 3.72. The molecule has 5 heteroatoms. The Morgan fingerprint density at radius 2 is 2.07 bits per heavy atom. The van der Waals surface area contributed by atoms with E-state index in [4.69, 9.17) is 4.74 Å². The molecule has 2 rings (SSSR count). The summed E-state index contributed by atoms with van der Waals surface area (Å²) in [7, 11) is 0. The van der Waals surface area contributed by atoms with Gasteiger partial charge < -0.3 is 4.74 Å². The molecule has 1 fully saturated rings. The van der Waals surface area contributed by atoms with Gasteiger partial charge in [0.05, 0.1) is 12.3 Å². The highest BCUT2D eigenvalue weighted by molar-refractivity contribution is 5.14. The Balaban J connectivity index is 1.82. The van der Waals surface area contributed by atoms with E-state index >= 15 is 0 Å². The molecule has 1 heterocycles. The Bertz CT molecular complexity index is 349. The highest BCUT2D eigenvalue weighted by atomic mass is 19.3. The first-order valence-corrected chi connectivity index (χ1v) is 4.85. The van der Waals surface area contributed by atoms with Crippen LogP contribution in [0.15, 0.2) is 12.4 Å². The second-order valence-corrected chi connectivity index (χ2v) is 3.89. The molecule has 1 saturated carbocycles. The summed E-state index contributed by atoms with van der Waals surface area (Å²) in [4.78, 5) is 7.97. The lowest BCUT2D eigenvalue weighted by Gasteiger charge is -2.34. The third-order valence-electron chi connectivity index (χ3n) is 2.47. The fourth-order valence-corrected chi connectivity index (χ4v) is 1.64. The zero-order valence-corrected chi connectivity index (χ0v) is 8.41.